The molecule has 6 nitrogen and oxygen atoms in total. The molecule has 0 spiro atoms. The molecule has 2 aromatic heterocycles. The van der Waals surface area contributed by atoms with Crippen molar-refractivity contribution < 1.29 is 4.74 Å². The number of fused-ring (bicyclic) bond motifs is 4. The molecule has 5 heterocycles. The molecule has 0 N–H and O–H groups in total. The number of likely N-dealkylation sites (tertiary alicyclic amines) is 1. The van der Waals surface area contributed by atoms with Gasteiger partial charge >= 0.3 is 0 Å². The smallest absolute Gasteiger partial charge is 0.258 e. The summed E-state index contributed by atoms with van der Waals surface area (Å²) >= 11 is 0. The monoisotopic (exact) mass is 352 g/mol. The molecule has 0 aliphatic carbocycles. The van der Waals surface area contributed by atoms with Crippen molar-refractivity contribution in [1.29, 1.82) is 0 Å². The fourth-order valence-corrected chi connectivity index (χ4v) is 4.99. The van der Waals surface area contributed by atoms with Crippen LogP contribution < -0.4 is 5.56 Å². The Morgan fingerprint density at radius 3 is 2.65 bits per heavy atom. The number of hydrogen-bond donors (Lipinski definition) is 0. The summed E-state index contributed by atoms with van der Waals surface area (Å²) < 4.78 is 7.55. The third-order valence-electron chi connectivity index (χ3n) is 6.21. The minimum Gasteiger partial charge on any atom is -0.381 e. The lowest BCUT2D eigenvalue weighted by molar-refractivity contribution is 0.00589. The highest BCUT2D eigenvalue weighted by atomic mass is 16.5. The summed E-state index contributed by atoms with van der Waals surface area (Å²) in [5.41, 5.74) is 2.80. The highest BCUT2D eigenvalue weighted by Crippen LogP contribution is 2.37. The Morgan fingerprint density at radius 2 is 1.85 bits per heavy atom. The predicted molar refractivity (Wildman–Crippen MR) is 98.0 cm³/mol. The molecule has 0 amide bonds. The second-order valence-electron chi connectivity index (χ2n) is 7.81. The van der Waals surface area contributed by atoms with Gasteiger partial charge in [-0.2, -0.15) is 0 Å². The van der Waals surface area contributed by atoms with Crippen molar-refractivity contribution in [3.05, 3.63) is 46.9 Å². The van der Waals surface area contributed by atoms with E-state index in [9.17, 15) is 4.79 Å². The summed E-state index contributed by atoms with van der Waals surface area (Å²) in [7, 11) is 0. The first kappa shape index (κ1) is 16.1. The molecule has 2 saturated heterocycles. The van der Waals surface area contributed by atoms with E-state index in [1.54, 1.807) is 12.4 Å². The third-order valence-corrected chi connectivity index (χ3v) is 6.21. The Labute approximate surface area is 152 Å². The van der Waals surface area contributed by atoms with E-state index in [4.69, 9.17) is 4.74 Å². The van der Waals surface area contributed by atoms with Crippen LogP contribution in [0.2, 0.25) is 0 Å². The van der Waals surface area contributed by atoms with E-state index >= 15 is 0 Å². The number of rotatable bonds is 2. The van der Waals surface area contributed by atoms with Gasteiger partial charge in [0.25, 0.3) is 5.56 Å². The SMILES string of the molecule is O=c1c(-c2cncnc2)ccc2n1CC1CC2CN(C2CCOCC2)C1. The molecule has 0 saturated carbocycles. The van der Waals surface area contributed by atoms with Crippen LogP contribution in [0.25, 0.3) is 11.1 Å². The largest absolute Gasteiger partial charge is 0.381 e. The molecule has 3 aliphatic heterocycles. The zero-order valence-electron chi connectivity index (χ0n) is 14.9. The zero-order valence-corrected chi connectivity index (χ0v) is 14.9. The van der Waals surface area contributed by atoms with E-state index in [1.807, 2.05) is 10.6 Å². The molecule has 2 bridgehead atoms. The maximum atomic E-state index is 13.1. The van der Waals surface area contributed by atoms with Gasteiger partial charge in [-0.05, 0) is 37.3 Å². The van der Waals surface area contributed by atoms with Crippen molar-refractivity contribution in [3.8, 4) is 11.1 Å². The number of aromatic nitrogens is 3. The van der Waals surface area contributed by atoms with Crippen molar-refractivity contribution in [1.82, 2.24) is 19.4 Å². The van der Waals surface area contributed by atoms with Crippen LogP contribution >= 0.6 is 0 Å². The summed E-state index contributed by atoms with van der Waals surface area (Å²) in [4.78, 5) is 23.9. The van der Waals surface area contributed by atoms with Crippen molar-refractivity contribution in [2.75, 3.05) is 26.3 Å². The van der Waals surface area contributed by atoms with Crippen LogP contribution in [0.5, 0.6) is 0 Å². The number of nitrogens with zero attached hydrogens (tertiary/aromatic N) is 4. The molecule has 0 aromatic carbocycles. The van der Waals surface area contributed by atoms with Gasteiger partial charge in [0.2, 0.25) is 0 Å². The van der Waals surface area contributed by atoms with Crippen LogP contribution in [0.3, 0.4) is 0 Å². The highest BCUT2D eigenvalue weighted by molar-refractivity contribution is 5.60. The molecule has 2 atom stereocenters. The van der Waals surface area contributed by atoms with Gasteiger partial charge in [0.15, 0.2) is 0 Å². The van der Waals surface area contributed by atoms with E-state index in [1.165, 1.54) is 18.4 Å². The summed E-state index contributed by atoms with van der Waals surface area (Å²) in [6, 6.07) is 4.76. The Bertz CT molecular complexity index is 845. The molecule has 2 aromatic rings. The van der Waals surface area contributed by atoms with Crippen LogP contribution in [0.4, 0.5) is 0 Å². The quantitative estimate of drug-likeness (QED) is 0.826. The summed E-state index contributed by atoms with van der Waals surface area (Å²) in [5.74, 6) is 1.02. The Kier molecular flexibility index (Phi) is 4.10. The first-order valence-corrected chi connectivity index (χ1v) is 9.60. The van der Waals surface area contributed by atoms with Gasteiger partial charge in [0.05, 0.1) is 5.56 Å². The highest BCUT2D eigenvalue weighted by Gasteiger charge is 2.37. The maximum absolute atomic E-state index is 13.1. The molecule has 6 heteroatoms. The molecule has 0 radical (unpaired) electrons. The average molecular weight is 352 g/mol. The number of ether oxygens (including phenoxy) is 1. The topological polar surface area (TPSA) is 60.2 Å². The van der Waals surface area contributed by atoms with Crippen LogP contribution in [0, 0.1) is 5.92 Å². The van der Waals surface area contributed by atoms with Crippen molar-refractivity contribution in [3.63, 3.8) is 0 Å². The summed E-state index contributed by atoms with van der Waals surface area (Å²) in [6.07, 6.45) is 8.40. The van der Waals surface area contributed by atoms with Gasteiger partial charge in [-0.15, -0.1) is 0 Å². The van der Waals surface area contributed by atoms with Crippen LogP contribution in [-0.2, 0) is 11.3 Å². The third kappa shape index (κ3) is 2.77. The zero-order chi connectivity index (χ0) is 17.5. The van der Waals surface area contributed by atoms with Crippen LogP contribution in [-0.4, -0.2) is 51.8 Å². The first-order valence-electron chi connectivity index (χ1n) is 9.60. The molecule has 26 heavy (non-hydrogen) atoms. The lowest BCUT2D eigenvalue weighted by Gasteiger charge is -2.46. The fraction of sp³-hybridized carbons (Fsp3) is 0.550. The Morgan fingerprint density at radius 1 is 1.04 bits per heavy atom. The van der Waals surface area contributed by atoms with E-state index in [0.29, 0.717) is 23.4 Å². The van der Waals surface area contributed by atoms with E-state index in [0.717, 1.165) is 51.3 Å². The van der Waals surface area contributed by atoms with Gasteiger partial charge in [0, 0.05) is 68.5 Å². The van der Waals surface area contributed by atoms with Crippen molar-refractivity contribution >= 4 is 0 Å². The molecular formula is C20H24N4O2. The van der Waals surface area contributed by atoms with Crippen molar-refractivity contribution in [2.45, 2.75) is 37.8 Å². The fourth-order valence-electron chi connectivity index (χ4n) is 4.99. The standard InChI is InChI=1S/C20H24N4O2/c25-20-18(16-8-21-13-22-9-16)1-2-19-15-7-14(11-24(19)20)10-23(12-15)17-3-5-26-6-4-17/h1-2,8-9,13-15,17H,3-7,10-12H2. The number of piperidine rings is 1. The van der Waals surface area contributed by atoms with Gasteiger partial charge < -0.3 is 9.30 Å². The molecular weight excluding hydrogens is 328 g/mol. The van der Waals surface area contributed by atoms with E-state index in [-0.39, 0.29) is 5.56 Å². The van der Waals surface area contributed by atoms with Gasteiger partial charge in [0.1, 0.15) is 6.33 Å². The van der Waals surface area contributed by atoms with E-state index in [2.05, 4.69) is 20.9 Å². The molecule has 136 valence electrons. The predicted octanol–water partition coefficient (Wildman–Crippen LogP) is 1.90. The minimum atomic E-state index is 0.103. The minimum absolute atomic E-state index is 0.103. The Balaban J connectivity index is 1.46. The van der Waals surface area contributed by atoms with E-state index < -0.39 is 0 Å². The molecule has 2 fully saturated rings. The lowest BCUT2D eigenvalue weighted by atomic mass is 9.81. The summed E-state index contributed by atoms with van der Waals surface area (Å²) in [6.45, 7) is 4.76. The number of pyridine rings is 1. The first-order chi connectivity index (χ1) is 12.8. The van der Waals surface area contributed by atoms with Gasteiger partial charge in [-0.3, -0.25) is 9.69 Å². The second kappa shape index (κ2) is 6.59. The van der Waals surface area contributed by atoms with Crippen LogP contribution in [0.1, 0.15) is 30.9 Å². The molecule has 5 rings (SSSR count). The lowest BCUT2D eigenvalue weighted by Crippen LogP contribution is -2.51. The van der Waals surface area contributed by atoms with Crippen molar-refractivity contribution in [2.24, 2.45) is 5.92 Å². The second-order valence-corrected chi connectivity index (χ2v) is 7.81. The average Bonchev–Trinajstić information content (AvgIpc) is 2.70. The normalized spacial score (nSPS) is 26.5. The van der Waals surface area contributed by atoms with Gasteiger partial charge in [-0.25, -0.2) is 9.97 Å². The summed E-state index contributed by atoms with van der Waals surface area (Å²) in [5, 5.41) is 0. The maximum Gasteiger partial charge on any atom is 0.258 e. The van der Waals surface area contributed by atoms with Gasteiger partial charge in [-0.1, -0.05) is 0 Å². The Hall–Kier alpha value is -2.05. The number of hydrogen-bond acceptors (Lipinski definition) is 5. The van der Waals surface area contributed by atoms with Crippen LogP contribution in [0.15, 0.2) is 35.6 Å². The molecule has 2 unspecified atom stereocenters. The molecule has 3 aliphatic rings.